The second kappa shape index (κ2) is 4.82. The monoisotopic (exact) mass is 230 g/mol. The molecule has 0 spiro atoms. The van der Waals surface area contributed by atoms with Gasteiger partial charge in [-0.2, -0.15) is 5.10 Å². The van der Waals surface area contributed by atoms with Crippen LogP contribution in [0.1, 0.15) is 12.5 Å². The van der Waals surface area contributed by atoms with Gasteiger partial charge in [-0.1, -0.05) is 12.1 Å². The number of aryl methyl sites for hydroxylation is 1. The van der Waals surface area contributed by atoms with Crippen molar-refractivity contribution in [3.8, 4) is 0 Å². The smallest absolute Gasteiger partial charge is 0.330 e. The van der Waals surface area contributed by atoms with Crippen LogP contribution in [0, 0.1) is 0 Å². The van der Waals surface area contributed by atoms with E-state index in [1.165, 1.54) is 6.08 Å². The van der Waals surface area contributed by atoms with Crippen LogP contribution in [0.2, 0.25) is 0 Å². The molecule has 0 unspecified atom stereocenters. The summed E-state index contributed by atoms with van der Waals surface area (Å²) in [4.78, 5) is 11.2. The van der Waals surface area contributed by atoms with Gasteiger partial charge in [-0.25, -0.2) is 4.79 Å². The first kappa shape index (κ1) is 11.4. The maximum Gasteiger partial charge on any atom is 0.330 e. The van der Waals surface area contributed by atoms with Crippen molar-refractivity contribution in [2.45, 2.75) is 6.92 Å². The van der Waals surface area contributed by atoms with Gasteiger partial charge in [0.25, 0.3) is 0 Å². The highest BCUT2D eigenvalue weighted by Crippen LogP contribution is 2.15. The maximum atomic E-state index is 11.2. The Balaban J connectivity index is 2.24. The summed E-state index contributed by atoms with van der Waals surface area (Å²) in [6.45, 7) is 2.18. The second-order valence-electron chi connectivity index (χ2n) is 3.67. The van der Waals surface area contributed by atoms with Crippen LogP contribution in [0.4, 0.5) is 0 Å². The van der Waals surface area contributed by atoms with Gasteiger partial charge in [0.05, 0.1) is 18.3 Å². The summed E-state index contributed by atoms with van der Waals surface area (Å²) >= 11 is 0. The van der Waals surface area contributed by atoms with Crippen LogP contribution in [0.5, 0.6) is 0 Å². The molecule has 0 amide bonds. The number of ether oxygens (including phenoxy) is 1. The van der Waals surface area contributed by atoms with Gasteiger partial charge in [-0.3, -0.25) is 4.68 Å². The number of benzene rings is 1. The number of hydrogen-bond acceptors (Lipinski definition) is 3. The fourth-order valence-corrected chi connectivity index (χ4v) is 1.62. The number of nitrogens with zero attached hydrogens (tertiary/aromatic N) is 2. The lowest BCUT2D eigenvalue weighted by atomic mass is 10.1. The van der Waals surface area contributed by atoms with Gasteiger partial charge in [0, 0.05) is 18.5 Å². The van der Waals surface area contributed by atoms with Crippen molar-refractivity contribution in [2.24, 2.45) is 7.05 Å². The molecule has 2 aromatic rings. The molecule has 0 fully saturated rings. The lowest BCUT2D eigenvalue weighted by Gasteiger charge is -1.97. The molecule has 0 atom stereocenters. The fraction of sp³-hybridized carbons (Fsp3) is 0.231. The maximum absolute atomic E-state index is 11.2. The summed E-state index contributed by atoms with van der Waals surface area (Å²) in [5.41, 5.74) is 1.99. The zero-order valence-corrected chi connectivity index (χ0v) is 9.88. The first-order valence-electron chi connectivity index (χ1n) is 5.47. The van der Waals surface area contributed by atoms with E-state index in [4.69, 9.17) is 4.74 Å². The van der Waals surface area contributed by atoms with Crippen molar-refractivity contribution in [3.05, 3.63) is 36.0 Å². The van der Waals surface area contributed by atoms with E-state index in [-0.39, 0.29) is 5.97 Å². The zero-order valence-electron chi connectivity index (χ0n) is 9.88. The molecule has 88 valence electrons. The number of aromatic nitrogens is 2. The van der Waals surface area contributed by atoms with Gasteiger partial charge in [0.1, 0.15) is 0 Å². The third-order valence-corrected chi connectivity index (χ3v) is 2.47. The molecule has 1 heterocycles. The molecule has 0 aliphatic carbocycles. The molecule has 1 aromatic heterocycles. The summed E-state index contributed by atoms with van der Waals surface area (Å²) in [7, 11) is 1.89. The van der Waals surface area contributed by atoms with E-state index in [1.54, 1.807) is 17.7 Å². The van der Waals surface area contributed by atoms with Crippen LogP contribution in [0.15, 0.2) is 30.5 Å². The van der Waals surface area contributed by atoms with E-state index in [2.05, 4.69) is 5.10 Å². The molecule has 0 saturated heterocycles. The molecule has 0 radical (unpaired) electrons. The average molecular weight is 230 g/mol. The Morgan fingerprint density at radius 1 is 1.53 bits per heavy atom. The van der Waals surface area contributed by atoms with E-state index < -0.39 is 0 Å². The van der Waals surface area contributed by atoms with Crippen LogP contribution in [-0.4, -0.2) is 22.4 Å². The molecule has 0 N–H and O–H groups in total. The fourth-order valence-electron chi connectivity index (χ4n) is 1.62. The number of carbonyl (C=O) groups excluding carboxylic acids is 1. The Labute approximate surface area is 99.5 Å². The Bertz CT molecular complexity index is 570. The molecule has 2 rings (SSSR count). The normalized spacial score (nSPS) is 11.2. The molecule has 0 saturated carbocycles. The summed E-state index contributed by atoms with van der Waals surface area (Å²) in [6, 6.07) is 5.91. The number of hydrogen-bond donors (Lipinski definition) is 0. The highest BCUT2D eigenvalue weighted by Gasteiger charge is 2.00. The van der Waals surface area contributed by atoms with Gasteiger partial charge in [-0.15, -0.1) is 0 Å². The number of esters is 1. The minimum absolute atomic E-state index is 0.322. The van der Waals surface area contributed by atoms with Crippen LogP contribution < -0.4 is 0 Å². The van der Waals surface area contributed by atoms with E-state index in [0.717, 1.165) is 16.5 Å². The molecule has 0 bridgehead atoms. The van der Waals surface area contributed by atoms with Gasteiger partial charge in [0.15, 0.2) is 0 Å². The molecule has 0 aliphatic heterocycles. The standard InChI is InChI=1S/C13H14N2O2/c1-3-17-13(16)7-5-10-4-6-11-9-14-15(2)12(11)8-10/h4-9H,3H2,1-2H3/b7-5+. The minimum Gasteiger partial charge on any atom is -0.463 e. The van der Waals surface area contributed by atoms with Crippen molar-refractivity contribution in [2.75, 3.05) is 6.61 Å². The van der Waals surface area contributed by atoms with Crippen LogP contribution >= 0.6 is 0 Å². The first-order valence-corrected chi connectivity index (χ1v) is 5.47. The summed E-state index contributed by atoms with van der Waals surface area (Å²) < 4.78 is 6.62. The third kappa shape index (κ3) is 2.53. The Hall–Kier alpha value is -2.10. The van der Waals surface area contributed by atoms with Crippen molar-refractivity contribution in [1.29, 1.82) is 0 Å². The Morgan fingerprint density at radius 2 is 2.35 bits per heavy atom. The highest BCUT2D eigenvalue weighted by atomic mass is 16.5. The molecular formula is C13H14N2O2. The topological polar surface area (TPSA) is 44.1 Å². The largest absolute Gasteiger partial charge is 0.463 e. The van der Waals surface area contributed by atoms with Gasteiger partial charge in [0.2, 0.25) is 0 Å². The highest BCUT2D eigenvalue weighted by molar-refractivity contribution is 5.88. The van der Waals surface area contributed by atoms with Gasteiger partial charge in [-0.05, 0) is 24.6 Å². The average Bonchev–Trinajstić information content (AvgIpc) is 2.69. The van der Waals surface area contributed by atoms with Crippen molar-refractivity contribution < 1.29 is 9.53 Å². The molecule has 1 aromatic carbocycles. The third-order valence-electron chi connectivity index (χ3n) is 2.47. The summed E-state index contributed by atoms with van der Waals surface area (Å²) in [5, 5.41) is 5.25. The summed E-state index contributed by atoms with van der Waals surface area (Å²) in [6.07, 6.45) is 4.99. The number of fused-ring (bicyclic) bond motifs is 1. The minimum atomic E-state index is -0.322. The SMILES string of the molecule is CCOC(=O)/C=C/c1ccc2cnn(C)c2c1. The van der Waals surface area contributed by atoms with E-state index in [0.29, 0.717) is 6.61 Å². The van der Waals surface area contributed by atoms with E-state index in [9.17, 15) is 4.79 Å². The molecular weight excluding hydrogens is 216 g/mol. The van der Waals surface area contributed by atoms with Crippen LogP contribution in [0.25, 0.3) is 17.0 Å². The Morgan fingerprint density at radius 3 is 3.12 bits per heavy atom. The predicted octanol–water partition coefficient (Wildman–Crippen LogP) is 2.15. The van der Waals surface area contributed by atoms with Crippen molar-refractivity contribution >= 4 is 22.9 Å². The second-order valence-corrected chi connectivity index (χ2v) is 3.67. The van der Waals surface area contributed by atoms with Gasteiger partial charge < -0.3 is 4.74 Å². The molecule has 17 heavy (non-hydrogen) atoms. The molecule has 0 aliphatic rings. The molecule has 4 nitrogen and oxygen atoms in total. The zero-order chi connectivity index (χ0) is 12.3. The summed E-state index contributed by atoms with van der Waals surface area (Å²) in [5.74, 6) is -0.322. The van der Waals surface area contributed by atoms with Crippen molar-refractivity contribution in [3.63, 3.8) is 0 Å². The molecule has 4 heteroatoms. The van der Waals surface area contributed by atoms with E-state index >= 15 is 0 Å². The van der Waals surface area contributed by atoms with Crippen LogP contribution in [-0.2, 0) is 16.6 Å². The predicted molar refractivity (Wildman–Crippen MR) is 66.4 cm³/mol. The number of carbonyl (C=O) groups is 1. The lowest BCUT2D eigenvalue weighted by molar-refractivity contribution is -0.137. The first-order chi connectivity index (χ1) is 8.20. The van der Waals surface area contributed by atoms with Gasteiger partial charge >= 0.3 is 5.97 Å². The quantitative estimate of drug-likeness (QED) is 0.599. The van der Waals surface area contributed by atoms with E-state index in [1.807, 2.05) is 31.4 Å². The Kier molecular flexibility index (Phi) is 3.23. The van der Waals surface area contributed by atoms with Crippen molar-refractivity contribution in [1.82, 2.24) is 9.78 Å². The number of rotatable bonds is 3. The lowest BCUT2D eigenvalue weighted by Crippen LogP contribution is -1.98. The van der Waals surface area contributed by atoms with Crippen LogP contribution in [0.3, 0.4) is 0 Å².